The Morgan fingerprint density at radius 1 is 1.20 bits per heavy atom. The highest BCUT2D eigenvalue weighted by Gasteiger charge is 2.11. The lowest BCUT2D eigenvalue weighted by Gasteiger charge is -2.13. The lowest BCUT2D eigenvalue weighted by Crippen LogP contribution is -2.25. The summed E-state index contributed by atoms with van der Waals surface area (Å²) in [5.41, 5.74) is 1.04. The molecule has 0 fully saturated rings. The zero-order chi connectivity index (χ0) is 14.6. The predicted molar refractivity (Wildman–Crippen MR) is 80.9 cm³/mol. The highest BCUT2D eigenvalue weighted by Crippen LogP contribution is 2.05. The van der Waals surface area contributed by atoms with E-state index in [0.717, 1.165) is 18.4 Å². The van der Waals surface area contributed by atoms with Crippen LogP contribution in [-0.4, -0.2) is 18.1 Å². The Morgan fingerprint density at radius 3 is 2.60 bits per heavy atom. The summed E-state index contributed by atoms with van der Waals surface area (Å²) in [5.74, 6) is 3.05. The summed E-state index contributed by atoms with van der Waals surface area (Å²) < 4.78 is 4.76. The van der Waals surface area contributed by atoms with Crippen LogP contribution < -0.4 is 0 Å². The Bertz CT molecular complexity index is 445. The van der Waals surface area contributed by atoms with Crippen molar-refractivity contribution in [1.29, 1.82) is 0 Å². The Balaban J connectivity index is 2.53. The number of hydrogen-bond acceptors (Lipinski definition) is 2. The normalized spacial score (nSPS) is 9.50. The minimum atomic E-state index is -0.407. The Morgan fingerprint density at radius 2 is 1.95 bits per heavy atom. The van der Waals surface area contributed by atoms with Gasteiger partial charge in [-0.25, -0.2) is 9.69 Å². The first-order valence-corrected chi connectivity index (χ1v) is 7.15. The maximum absolute atomic E-state index is 11.7. The molecule has 0 aliphatic carbocycles. The van der Waals surface area contributed by atoms with Crippen molar-refractivity contribution in [1.82, 2.24) is 4.90 Å². The molecule has 0 aliphatic rings. The van der Waals surface area contributed by atoms with Crippen molar-refractivity contribution in [3.8, 4) is 12.0 Å². The first-order chi connectivity index (χ1) is 9.77. The fourth-order valence-corrected chi connectivity index (χ4v) is 1.82. The number of hydrogen-bond donors (Lipinski definition) is 0. The topological polar surface area (TPSA) is 29.5 Å². The van der Waals surface area contributed by atoms with Crippen molar-refractivity contribution < 1.29 is 9.53 Å². The molecular weight excluding hydrogens is 250 g/mol. The molecule has 3 heteroatoms. The van der Waals surface area contributed by atoms with E-state index in [9.17, 15) is 4.79 Å². The van der Waals surface area contributed by atoms with Gasteiger partial charge in [0.2, 0.25) is 0 Å². The molecule has 108 valence electrons. The summed E-state index contributed by atoms with van der Waals surface area (Å²) >= 11 is 0. The van der Waals surface area contributed by atoms with E-state index in [1.165, 1.54) is 31.3 Å². The first-order valence-electron chi connectivity index (χ1n) is 7.15. The van der Waals surface area contributed by atoms with Crippen molar-refractivity contribution in [3.05, 3.63) is 35.9 Å². The van der Waals surface area contributed by atoms with E-state index >= 15 is 0 Å². The van der Waals surface area contributed by atoms with E-state index in [0.29, 0.717) is 6.54 Å². The second kappa shape index (κ2) is 9.91. The Hall–Kier alpha value is -1.95. The van der Waals surface area contributed by atoms with Gasteiger partial charge in [-0.2, -0.15) is 0 Å². The van der Waals surface area contributed by atoms with Gasteiger partial charge in [0.1, 0.15) is 0 Å². The summed E-state index contributed by atoms with van der Waals surface area (Å²) in [6, 6.07) is 12.7. The van der Waals surface area contributed by atoms with Crippen LogP contribution >= 0.6 is 0 Å². The first kappa shape index (κ1) is 16.1. The Kier molecular flexibility index (Phi) is 7.98. The van der Waals surface area contributed by atoms with E-state index in [-0.39, 0.29) is 0 Å². The third kappa shape index (κ3) is 6.29. The number of carbonyl (C=O) groups excluding carboxylic acids is 1. The van der Waals surface area contributed by atoms with Crippen LogP contribution in [0.5, 0.6) is 0 Å². The van der Waals surface area contributed by atoms with Gasteiger partial charge in [0.05, 0.1) is 13.7 Å². The molecule has 0 unspecified atom stereocenters. The van der Waals surface area contributed by atoms with Crippen LogP contribution in [0.3, 0.4) is 0 Å². The van der Waals surface area contributed by atoms with E-state index in [1.807, 2.05) is 30.3 Å². The second-order valence-corrected chi connectivity index (χ2v) is 4.64. The van der Waals surface area contributed by atoms with Crippen LogP contribution in [0.1, 0.15) is 44.6 Å². The molecule has 1 aromatic carbocycles. The molecule has 0 aliphatic heterocycles. The Labute approximate surface area is 121 Å². The van der Waals surface area contributed by atoms with Crippen LogP contribution in [0.4, 0.5) is 4.79 Å². The summed E-state index contributed by atoms with van der Waals surface area (Å²) in [6.45, 7) is 2.64. The average molecular weight is 273 g/mol. The number of amides is 1. The van der Waals surface area contributed by atoms with Crippen LogP contribution in [0.25, 0.3) is 0 Å². The molecule has 0 N–H and O–H groups in total. The molecule has 0 atom stereocenters. The van der Waals surface area contributed by atoms with Gasteiger partial charge in [-0.05, 0) is 12.0 Å². The molecule has 20 heavy (non-hydrogen) atoms. The molecule has 0 heterocycles. The van der Waals surface area contributed by atoms with Gasteiger partial charge in [-0.15, -0.1) is 0 Å². The molecule has 0 saturated heterocycles. The van der Waals surface area contributed by atoms with Crippen LogP contribution in [0, 0.1) is 12.0 Å². The van der Waals surface area contributed by atoms with Crippen LogP contribution in [-0.2, 0) is 11.3 Å². The fraction of sp³-hybridized carbons (Fsp3) is 0.471. The third-order valence-corrected chi connectivity index (χ3v) is 2.95. The minimum Gasteiger partial charge on any atom is -0.452 e. The molecule has 0 saturated carbocycles. The SMILES string of the molecule is CCCCCCC#CN(Cc1ccccc1)C(=O)OC. The van der Waals surface area contributed by atoms with Gasteiger partial charge in [0.25, 0.3) is 0 Å². The maximum atomic E-state index is 11.7. The summed E-state index contributed by atoms with van der Waals surface area (Å²) in [4.78, 5) is 13.1. The predicted octanol–water partition coefficient (Wildman–Crippen LogP) is 4.19. The maximum Gasteiger partial charge on any atom is 0.421 e. The third-order valence-electron chi connectivity index (χ3n) is 2.95. The van der Waals surface area contributed by atoms with E-state index in [2.05, 4.69) is 18.9 Å². The van der Waals surface area contributed by atoms with Crippen molar-refractivity contribution in [2.24, 2.45) is 0 Å². The number of benzene rings is 1. The zero-order valence-electron chi connectivity index (χ0n) is 12.4. The number of nitrogens with zero attached hydrogens (tertiary/aromatic N) is 1. The largest absolute Gasteiger partial charge is 0.452 e. The van der Waals surface area contributed by atoms with E-state index < -0.39 is 6.09 Å². The van der Waals surface area contributed by atoms with Crippen molar-refractivity contribution in [3.63, 3.8) is 0 Å². The molecule has 3 nitrogen and oxygen atoms in total. The van der Waals surface area contributed by atoms with Gasteiger partial charge in [0, 0.05) is 12.5 Å². The van der Waals surface area contributed by atoms with Crippen molar-refractivity contribution in [2.75, 3.05) is 7.11 Å². The number of methoxy groups -OCH3 is 1. The molecule has 1 amide bonds. The molecular formula is C17H23NO2. The van der Waals surface area contributed by atoms with Gasteiger partial charge in [0.15, 0.2) is 0 Å². The number of carbonyl (C=O) groups is 1. The molecule has 1 rings (SSSR count). The summed E-state index contributed by atoms with van der Waals surface area (Å²) in [6.07, 6.45) is 5.16. The summed E-state index contributed by atoms with van der Waals surface area (Å²) in [7, 11) is 1.38. The number of rotatable bonds is 6. The molecule has 0 bridgehead atoms. The average Bonchev–Trinajstić information content (AvgIpc) is 2.49. The lowest BCUT2D eigenvalue weighted by molar-refractivity contribution is 0.141. The second-order valence-electron chi connectivity index (χ2n) is 4.64. The lowest BCUT2D eigenvalue weighted by atomic mass is 10.2. The van der Waals surface area contributed by atoms with Gasteiger partial charge in [-0.1, -0.05) is 62.4 Å². The standard InChI is InChI=1S/C17H23NO2/c1-3-4-5-6-7-11-14-18(17(19)20-2)15-16-12-9-8-10-13-16/h8-10,12-13H,3-7,15H2,1-2H3. The van der Waals surface area contributed by atoms with Crippen LogP contribution in [0.2, 0.25) is 0 Å². The highest BCUT2D eigenvalue weighted by atomic mass is 16.5. The molecule has 0 spiro atoms. The van der Waals surface area contributed by atoms with Gasteiger partial charge in [-0.3, -0.25) is 0 Å². The molecule has 0 radical (unpaired) electrons. The smallest absolute Gasteiger partial charge is 0.421 e. The fourth-order valence-electron chi connectivity index (χ4n) is 1.82. The number of ether oxygens (including phenoxy) is 1. The van der Waals surface area contributed by atoms with Gasteiger partial charge < -0.3 is 4.74 Å². The molecule has 1 aromatic rings. The highest BCUT2D eigenvalue weighted by molar-refractivity contribution is 5.69. The molecule has 0 aromatic heterocycles. The van der Waals surface area contributed by atoms with Crippen LogP contribution in [0.15, 0.2) is 30.3 Å². The monoisotopic (exact) mass is 273 g/mol. The van der Waals surface area contributed by atoms with Crippen molar-refractivity contribution in [2.45, 2.75) is 45.6 Å². The van der Waals surface area contributed by atoms with E-state index in [4.69, 9.17) is 4.74 Å². The minimum absolute atomic E-state index is 0.407. The zero-order valence-corrected chi connectivity index (χ0v) is 12.4. The van der Waals surface area contributed by atoms with Gasteiger partial charge >= 0.3 is 6.09 Å². The van der Waals surface area contributed by atoms with Crippen molar-refractivity contribution >= 4 is 6.09 Å². The quantitative estimate of drug-likeness (QED) is 0.442. The summed E-state index contributed by atoms with van der Waals surface area (Å²) in [5, 5.41) is 0. The number of unbranched alkanes of at least 4 members (excludes halogenated alkanes) is 4. The van der Waals surface area contributed by atoms with E-state index in [1.54, 1.807) is 0 Å².